The zero-order valence-electron chi connectivity index (χ0n) is 23.7. The molecule has 2 aliphatic heterocycles. The Hall–Kier alpha value is -4.73. The summed E-state index contributed by atoms with van der Waals surface area (Å²) >= 11 is 0. The van der Waals surface area contributed by atoms with Crippen LogP contribution in [-0.2, 0) is 0 Å². The number of fused-ring (bicyclic) bond motifs is 4. The van der Waals surface area contributed by atoms with E-state index < -0.39 is 6.10 Å². The Kier molecular flexibility index (Phi) is 7.49. The summed E-state index contributed by atoms with van der Waals surface area (Å²) in [6.45, 7) is 2.70. The Bertz CT molecular complexity index is 1740. The molecule has 9 nitrogen and oxygen atoms in total. The van der Waals surface area contributed by atoms with Gasteiger partial charge in [-0.2, -0.15) is 0 Å². The quantitative estimate of drug-likeness (QED) is 0.188. The molecule has 9 heteroatoms. The van der Waals surface area contributed by atoms with E-state index in [-0.39, 0.29) is 19.3 Å². The highest BCUT2D eigenvalue weighted by Gasteiger charge is 2.21. The number of amides is 1. The van der Waals surface area contributed by atoms with Crippen LogP contribution in [0, 0.1) is 0 Å². The second-order valence-electron chi connectivity index (χ2n) is 11.1. The summed E-state index contributed by atoms with van der Waals surface area (Å²) in [6, 6.07) is 27.6. The summed E-state index contributed by atoms with van der Waals surface area (Å²) in [7, 11) is 0. The molecule has 7 rings (SSSR count). The lowest BCUT2D eigenvalue weighted by Gasteiger charge is -2.34. The zero-order valence-corrected chi connectivity index (χ0v) is 23.7. The van der Waals surface area contributed by atoms with Crippen LogP contribution in [0.2, 0.25) is 0 Å². The van der Waals surface area contributed by atoms with Crippen LogP contribution in [0.25, 0.3) is 21.8 Å². The largest absolute Gasteiger partial charge is 0.490 e. The van der Waals surface area contributed by atoms with Crippen LogP contribution in [0.5, 0.6) is 17.2 Å². The number of aliphatic hydroxyl groups is 1. The van der Waals surface area contributed by atoms with Gasteiger partial charge in [-0.25, -0.2) is 0 Å². The van der Waals surface area contributed by atoms with Crippen molar-refractivity contribution < 1.29 is 24.1 Å². The van der Waals surface area contributed by atoms with Gasteiger partial charge in [0.1, 0.15) is 18.5 Å². The van der Waals surface area contributed by atoms with Crippen molar-refractivity contribution in [2.75, 3.05) is 43.3 Å². The highest BCUT2D eigenvalue weighted by molar-refractivity contribution is 6.10. The van der Waals surface area contributed by atoms with Crippen LogP contribution in [-0.4, -0.2) is 61.2 Å². The normalized spacial score (nSPS) is 15.6. The van der Waals surface area contributed by atoms with Crippen LogP contribution in [0.4, 0.5) is 11.4 Å². The molecule has 0 radical (unpaired) electrons. The molecule has 5 aromatic rings. The zero-order chi connectivity index (χ0) is 29.2. The third-order valence-electron chi connectivity index (χ3n) is 8.19. The smallest absolute Gasteiger partial charge is 0.255 e. The van der Waals surface area contributed by atoms with Gasteiger partial charge in [-0.05, 0) is 73.5 Å². The highest BCUT2D eigenvalue weighted by atomic mass is 16.7. The van der Waals surface area contributed by atoms with Gasteiger partial charge in [0.05, 0.1) is 5.52 Å². The maximum atomic E-state index is 12.7. The number of aromatic amines is 1. The number of rotatable bonds is 9. The topological polar surface area (TPSA) is 108 Å². The second kappa shape index (κ2) is 11.9. The molecule has 0 spiro atoms. The molecule has 1 atom stereocenters. The minimum atomic E-state index is -0.612. The fourth-order valence-corrected chi connectivity index (χ4v) is 5.87. The first kappa shape index (κ1) is 27.1. The molecule has 4 N–H and O–H groups in total. The maximum Gasteiger partial charge on any atom is 0.255 e. The Balaban J connectivity index is 0.865. The number of ether oxygens (including phenoxy) is 3. The number of para-hydroxylation sites is 1. The maximum absolute atomic E-state index is 12.7. The number of aliphatic hydroxyl groups excluding tert-OH is 1. The molecule has 1 fully saturated rings. The lowest BCUT2D eigenvalue weighted by atomic mass is 10.0. The minimum absolute atomic E-state index is 0.177. The predicted molar refractivity (Wildman–Crippen MR) is 168 cm³/mol. The van der Waals surface area contributed by atoms with E-state index in [1.54, 1.807) is 18.2 Å². The summed E-state index contributed by atoms with van der Waals surface area (Å²) in [6.07, 6.45) is 1.34. The number of nitrogens with zero attached hydrogens (tertiary/aromatic N) is 1. The molecule has 2 aliphatic rings. The van der Waals surface area contributed by atoms with Gasteiger partial charge in [0.25, 0.3) is 5.91 Å². The van der Waals surface area contributed by atoms with Gasteiger partial charge in [-0.15, -0.1) is 0 Å². The summed E-state index contributed by atoms with van der Waals surface area (Å²) in [4.78, 5) is 18.5. The van der Waals surface area contributed by atoms with E-state index in [0.717, 1.165) is 64.9 Å². The molecule has 1 saturated heterocycles. The lowest BCUT2D eigenvalue weighted by molar-refractivity contribution is 0.102. The number of carbonyl (C=O) groups excluding carboxylic acids is 1. The van der Waals surface area contributed by atoms with Gasteiger partial charge in [0, 0.05) is 58.9 Å². The molecule has 0 unspecified atom stereocenters. The highest BCUT2D eigenvalue weighted by Crippen LogP contribution is 2.34. The van der Waals surface area contributed by atoms with E-state index >= 15 is 0 Å². The van der Waals surface area contributed by atoms with Crippen molar-refractivity contribution in [2.24, 2.45) is 0 Å². The number of H-pyrrole nitrogens is 1. The van der Waals surface area contributed by atoms with E-state index in [1.807, 2.05) is 54.6 Å². The molecule has 0 saturated carbocycles. The van der Waals surface area contributed by atoms with Gasteiger partial charge in [0.15, 0.2) is 11.5 Å². The first-order valence-corrected chi connectivity index (χ1v) is 14.7. The number of carbonyl (C=O) groups is 1. The number of benzene rings is 4. The third kappa shape index (κ3) is 5.82. The molecule has 3 heterocycles. The molecule has 4 aromatic carbocycles. The van der Waals surface area contributed by atoms with Crippen molar-refractivity contribution in [1.29, 1.82) is 0 Å². The van der Waals surface area contributed by atoms with E-state index in [2.05, 4.69) is 32.7 Å². The molecular weight excluding hydrogens is 544 g/mol. The fraction of sp³-hybridized carbons (Fsp3) is 0.265. The van der Waals surface area contributed by atoms with Crippen LogP contribution < -0.4 is 29.7 Å². The van der Waals surface area contributed by atoms with E-state index in [1.165, 1.54) is 0 Å². The molecular formula is C34H34N4O5. The number of nitrogens with one attached hydrogen (secondary N) is 3. The van der Waals surface area contributed by atoms with Crippen molar-refractivity contribution in [3.63, 3.8) is 0 Å². The summed E-state index contributed by atoms with van der Waals surface area (Å²) < 4.78 is 16.8. The summed E-state index contributed by atoms with van der Waals surface area (Å²) in [5, 5.41) is 19.3. The van der Waals surface area contributed by atoms with E-state index in [0.29, 0.717) is 29.6 Å². The van der Waals surface area contributed by atoms with E-state index in [4.69, 9.17) is 14.2 Å². The lowest BCUT2D eigenvalue weighted by Crippen LogP contribution is -2.45. The summed E-state index contributed by atoms with van der Waals surface area (Å²) in [5.41, 5.74) is 4.48. The average Bonchev–Trinajstić information content (AvgIpc) is 3.68. The van der Waals surface area contributed by atoms with Crippen LogP contribution in [0.15, 0.2) is 84.9 Å². The number of anilines is 2. The van der Waals surface area contributed by atoms with Gasteiger partial charge >= 0.3 is 0 Å². The Labute approximate surface area is 249 Å². The third-order valence-corrected chi connectivity index (χ3v) is 8.19. The molecule has 0 bridgehead atoms. The Morgan fingerprint density at radius 1 is 0.953 bits per heavy atom. The fourth-order valence-electron chi connectivity index (χ4n) is 5.87. The van der Waals surface area contributed by atoms with Gasteiger partial charge in [-0.1, -0.05) is 24.3 Å². The molecule has 1 aromatic heterocycles. The van der Waals surface area contributed by atoms with Gasteiger partial charge in [-0.3, -0.25) is 4.79 Å². The molecule has 220 valence electrons. The number of aromatic nitrogens is 1. The number of hydrogen-bond acceptors (Lipinski definition) is 7. The van der Waals surface area contributed by atoms with Gasteiger partial charge in [0.2, 0.25) is 6.79 Å². The van der Waals surface area contributed by atoms with Crippen molar-refractivity contribution >= 4 is 39.1 Å². The first-order chi connectivity index (χ1) is 21.1. The Morgan fingerprint density at radius 2 is 1.74 bits per heavy atom. The van der Waals surface area contributed by atoms with Gasteiger partial charge < -0.3 is 39.8 Å². The van der Waals surface area contributed by atoms with Crippen LogP contribution in [0.1, 0.15) is 23.2 Å². The average molecular weight is 579 g/mol. The second-order valence-corrected chi connectivity index (χ2v) is 11.1. The molecule has 0 aliphatic carbocycles. The number of piperidine rings is 1. The Morgan fingerprint density at radius 3 is 2.60 bits per heavy atom. The minimum Gasteiger partial charge on any atom is -0.490 e. The molecule has 43 heavy (non-hydrogen) atoms. The number of hydrogen-bond donors (Lipinski definition) is 4. The van der Waals surface area contributed by atoms with Crippen molar-refractivity contribution in [1.82, 2.24) is 10.3 Å². The summed E-state index contributed by atoms with van der Waals surface area (Å²) in [5.74, 6) is 1.82. The van der Waals surface area contributed by atoms with Crippen molar-refractivity contribution in [3.8, 4) is 17.2 Å². The van der Waals surface area contributed by atoms with E-state index in [9.17, 15) is 9.90 Å². The monoisotopic (exact) mass is 578 g/mol. The van der Waals surface area contributed by atoms with Crippen LogP contribution >= 0.6 is 0 Å². The molecule has 1 amide bonds. The first-order valence-electron chi connectivity index (χ1n) is 14.7. The standard InChI is InChI=1S/C34H34N4O5/c39-26(20-41-31-7-3-6-29-33(31)27-4-1-2-5-28(27)37-29)19-35-23-14-16-38(17-15-23)25-11-9-24(10-12-25)36-34(40)22-8-13-30-32(18-22)43-21-42-30/h1-13,18,23,26,35,37,39H,14-17,19-21H2,(H,36,40)/t26-/m0/s1. The van der Waals surface area contributed by atoms with Crippen LogP contribution in [0.3, 0.4) is 0 Å². The van der Waals surface area contributed by atoms with Crippen molar-refractivity contribution in [3.05, 3.63) is 90.5 Å². The van der Waals surface area contributed by atoms with Crippen molar-refractivity contribution in [2.45, 2.75) is 25.0 Å². The predicted octanol–water partition coefficient (Wildman–Crippen LogP) is 5.30. The SMILES string of the molecule is O=C(Nc1ccc(N2CCC(NC[C@H](O)COc3cccc4[nH]c5ccccc5c34)CC2)cc1)c1ccc2c(c1)OCO2.